The third-order valence-corrected chi connectivity index (χ3v) is 5.86. The molecule has 0 aromatic rings. The Kier molecular flexibility index (Phi) is 9.73. The van der Waals surface area contributed by atoms with Crippen LogP contribution in [-0.4, -0.2) is 98.9 Å². The molecular formula is C20H31F3N4O7. The molecule has 3 amide bonds. The highest BCUT2D eigenvalue weighted by atomic mass is 19.4. The van der Waals surface area contributed by atoms with E-state index in [0.717, 1.165) is 0 Å². The Hall–Kier alpha value is -2.58. The molecule has 5 atom stereocenters. The summed E-state index contributed by atoms with van der Waals surface area (Å²) in [5.74, 6) is -4.75. The van der Waals surface area contributed by atoms with E-state index < -0.39 is 53.5 Å². The number of aliphatic hydroxyl groups is 2. The van der Waals surface area contributed by atoms with E-state index in [9.17, 15) is 47.4 Å². The van der Waals surface area contributed by atoms with Crippen molar-refractivity contribution >= 4 is 29.3 Å². The summed E-state index contributed by atoms with van der Waals surface area (Å²) in [5, 5.41) is 19.1. The fourth-order valence-corrected chi connectivity index (χ4v) is 3.79. The normalized spacial score (nSPS) is 23.4. The summed E-state index contributed by atoms with van der Waals surface area (Å²) in [7, 11) is 0. The molecule has 6 N–H and O–H groups in total. The Morgan fingerprint density at radius 1 is 1.15 bits per heavy atom. The first-order valence-corrected chi connectivity index (χ1v) is 10.6. The second-order valence-corrected chi connectivity index (χ2v) is 8.60. The van der Waals surface area contributed by atoms with Gasteiger partial charge < -0.3 is 31.5 Å². The van der Waals surface area contributed by atoms with Crippen LogP contribution in [0.3, 0.4) is 0 Å². The van der Waals surface area contributed by atoms with Crippen LogP contribution < -0.4 is 11.5 Å². The number of β-lactam (4-membered cyclic amide) rings is 1. The number of carbonyl (C=O) groups excluding carboxylic acids is 5. The summed E-state index contributed by atoms with van der Waals surface area (Å²) in [6.07, 6.45) is -5.87. The van der Waals surface area contributed by atoms with Crippen LogP contribution in [0.1, 0.15) is 40.0 Å². The number of Topliss-reactive ketones (excluding diaryl/α,β-unsaturated/α-hetero) is 2. The molecule has 0 bridgehead atoms. The van der Waals surface area contributed by atoms with Crippen LogP contribution in [0.5, 0.6) is 0 Å². The summed E-state index contributed by atoms with van der Waals surface area (Å²) >= 11 is 0. The zero-order valence-electron chi connectivity index (χ0n) is 19.2. The van der Waals surface area contributed by atoms with Crippen molar-refractivity contribution in [2.24, 2.45) is 17.4 Å². The van der Waals surface area contributed by atoms with Crippen LogP contribution in [0.2, 0.25) is 0 Å². The van der Waals surface area contributed by atoms with Gasteiger partial charge in [0.25, 0.3) is 5.91 Å². The van der Waals surface area contributed by atoms with Crippen molar-refractivity contribution in [2.45, 2.75) is 70.0 Å². The van der Waals surface area contributed by atoms with E-state index in [0.29, 0.717) is 26.3 Å². The molecule has 194 valence electrons. The molecule has 1 spiro atoms. The predicted molar refractivity (Wildman–Crippen MR) is 111 cm³/mol. The molecule has 11 nitrogen and oxygen atoms in total. The molecule has 2 rings (SSSR count). The molecule has 0 radical (unpaired) electrons. The van der Waals surface area contributed by atoms with Crippen molar-refractivity contribution in [1.29, 1.82) is 0 Å². The molecule has 0 aromatic heterocycles. The van der Waals surface area contributed by atoms with Crippen molar-refractivity contribution in [2.75, 3.05) is 19.6 Å². The summed E-state index contributed by atoms with van der Waals surface area (Å²) in [5.41, 5.74) is 9.90. The van der Waals surface area contributed by atoms with E-state index in [1.54, 1.807) is 0 Å². The Bertz CT molecular complexity index is 818. The number of nitrogens with zero attached hydrogens (tertiary/aromatic N) is 2. The minimum atomic E-state index is -4.64. The van der Waals surface area contributed by atoms with Gasteiger partial charge in [-0.1, -0.05) is 0 Å². The quantitative estimate of drug-likeness (QED) is 0.292. The molecule has 2 fully saturated rings. The van der Waals surface area contributed by atoms with Crippen LogP contribution in [0.25, 0.3) is 0 Å². The molecule has 2 saturated heterocycles. The van der Waals surface area contributed by atoms with E-state index >= 15 is 0 Å². The number of aliphatic hydroxyl groups excluding tert-OH is 2. The smallest absolute Gasteiger partial charge is 0.393 e. The maximum atomic E-state index is 12.7. The number of alkyl halides is 3. The summed E-state index contributed by atoms with van der Waals surface area (Å²) < 4.78 is 32.5. The minimum Gasteiger partial charge on any atom is -0.393 e. The van der Waals surface area contributed by atoms with Crippen LogP contribution in [-0.2, 0) is 24.0 Å². The Morgan fingerprint density at radius 3 is 2.06 bits per heavy atom. The number of amides is 3. The van der Waals surface area contributed by atoms with Gasteiger partial charge in [-0.25, -0.2) is 0 Å². The first-order chi connectivity index (χ1) is 15.5. The molecule has 4 unspecified atom stereocenters. The van der Waals surface area contributed by atoms with Crippen molar-refractivity contribution in [3.63, 3.8) is 0 Å². The molecule has 34 heavy (non-hydrogen) atoms. The standard InChI is InChI=1S/C17H28N4O6.C3H3F3O/c1-9(22)12(14(19)25)6-11(24)7-20-8-17(16(20)27)4-3-5-21(17)15(26)13(18)10(2)23;1-2(7)3(4,5)6/h9-10,12-13,22-23H,3-8,18H2,1-2H3,(H2,19,25);1H3/t9?,10?,12?,13-,17?;/m0./s1. The summed E-state index contributed by atoms with van der Waals surface area (Å²) in [4.78, 5) is 60.8. The molecule has 2 aliphatic heterocycles. The average Bonchev–Trinajstić information content (AvgIpc) is 3.16. The van der Waals surface area contributed by atoms with Crippen LogP contribution >= 0.6 is 0 Å². The number of likely N-dealkylation sites (tertiary alicyclic amines) is 2. The first-order valence-electron chi connectivity index (χ1n) is 10.6. The zero-order valence-corrected chi connectivity index (χ0v) is 19.2. The predicted octanol–water partition coefficient (Wildman–Crippen LogP) is -1.52. The van der Waals surface area contributed by atoms with Gasteiger partial charge in [-0.3, -0.25) is 24.0 Å². The average molecular weight is 496 g/mol. The lowest BCUT2D eigenvalue weighted by Gasteiger charge is -2.51. The number of primary amides is 1. The number of carbonyl (C=O) groups is 5. The Balaban J connectivity index is 0.000000718. The minimum absolute atomic E-state index is 0.200. The highest BCUT2D eigenvalue weighted by Crippen LogP contribution is 2.39. The molecular weight excluding hydrogens is 465 g/mol. The van der Waals surface area contributed by atoms with E-state index in [2.05, 4.69) is 0 Å². The van der Waals surface area contributed by atoms with Gasteiger partial charge in [0.2, 0.25) is 17.6 Å². The van der Waals surface area contributed by atoms with Gasteiger partial charge >= 0.3 is 6.18 Å². The van der Waals surface area contributed by atoms with Gasteiger partial charge in [0, 0.05) is 19.9 Å². The van der Waals surface area contributed by atoms with Gasteiger partial charge in [0.05, 0.1) is 31.2 Å². The lowest BCUT2D eigenvalue weighted by molar-refractivity contribution is -0.169. The number of nitrogens with two attached hydrogens (primary N) is 2. The highest BCUT2D eigenvalue weighted by Gasteiger charge is 2.60. The van der Waals surface area contributed by atoms with E-state index in [-0.39, 0.29) is 31.2 Å². The SMILES string of the molecule is CC(=O)C(F)(F)F.CC(O)C(CC(=O)CN1CC2(CCCN2C(=O)[C@@H](N)C(C)O)C1=O)C(N)=O. The van der Waals surface area contributed by atoms with Gasteiger partial charge in [-0.05, 0) is 26.7 Å². The Morgan fingerprint density at radius 2 is 1.68 bits per heavy atom. The first kappa shape index (κ1) is 29.5. The number of ketones is 2. The molecule has 2 aliphatic rings. The van der Waals surface area contributed by atoms with Crippen molar-refractivity contribution in [3.8, 4) is 0 Å². The van der Waals surface area contributed by atoms with Crippen LogP contribution in [0, 0.1) is 5.92 Å². The van der Waals surface area contributed by atoms with Crippen molar-refractivity contribution < 1.29 is 47.4 Å². The fourth-order valence-electron chi connectivity index (χ4n) is 3.79. The number of rotatable bonds is 8. The highest BCUT2D eigenvalue weighted by molar-refractivity contribution is 6.00. The number of hydrogen-bond donors (Lipinski definition) is 4. The second kappa shape index (κ2) is 11.2. The topological polar surface area (TPSA) is 184 Å². The summed E-state index contributed by atoms with van der Waals surface area (Å²) in [6, 6.07) is -1.11. The maximum absolute atomic E-state index is 12.7. The molecule has 14 heteroatoms. The lowest BCUT2D eigenvalue weighted by atomic mass is 9.84. The number of halogens is 3. The van der Waals surface area contributed by atoms with Crippen LogP contribution in [0.4, 0.5) is 13.2 Å². The maximum Gasteiger partial charge on any atom is 0.449 e. The molecule has 0 aromatic carbocycles. The second-order valence-electron chi connectivity index (χ2n) is 8.60. The largest absolute Gasteiger partial charge is 0.449 e. The van der Waals surface area contributed by atoms with E-state index in [4.69, 9.17) is 11.5 Å². The van der Waals surface area contributed by atoms with Gasteiger partial charge in [0.1, 0.15) is 11.6 Å². The molecule has 0 saturated carbocycles. The van der Waals surface area contributed by atoms with E-state index in [1.807, 2.05) is 0 Å². The van der Waals surface area contributed by atoms with Gasteiger partial charge in [-0.2, -0.15) is 13.2 Å². The lowest BCUT2D eigenvalue weighted by Crippen LogP contribution is -2.74. The van der Waals surface area contributed by atoms with Gasteiger partial charge in [-0.15, -0.1) is 0 Å². The third kappa shape index (κ3) is 6.73. The van der Waals surface area contributed by atoms with Crippen molar-refractivity contribution in [1.82, 2.24) is 9.80 Å². The summed E-state index contributed by atoms with van der Waals surface area (Å²) in [6.45, 7) is 3.64. The Labute approximate surface area is 194 Å². The zero-order chi connectivity index (χ0) is 26.6. The number of hydrogen-bond acceptors (Lipinski definition) is 8. The molecule has 2 heterocycles. The fraction of sp³-hybridized carbons (Fsp3) is 0.750. The molecule has 0 aliphatic carbocycles. The van der Waals surface area contributed by atoms with Crippen molar-refractivity contribution in [3.05, 3.63) is 0 Å². The monoisotopic (exact) mass is 496 g/mol. The van der Waals surface area contributed by atoms with E-state index in [1.165, 1.54) is 23.6 Å². The van der Waals surface area contributed by atoms with Gasteiger partial charge in [0.15, 0.2) is 5.78 Å². The third-order valence-electron chi connectivity index (χ3n) is 5.86. The van der Waals surface area contributed by atoms with Crippen LogP contribution in [0.15, 0.2) is 0 Å².